The van der Waals surface area contributed by atoms with Crippen molar-refractivity contribution in [2.24, 2.45) is 0 Å². The summed E-state index contributed by atoms with van der Waals surface area (Å²) >= 11 is 1.86. The van der Waals surface area contributed by atoms with E-state index in [0.717, 1.165) is 29.2 Å². The van der Waals surface area contributed by atoms with Gasteiger partial charge in [0.1, 0.15) is 6.54 Å². The molecule has 1 aliphatic heterocycles. The molecule has 0 aliphatic carbocycles. The smallest absolute Gasteiger partial charge is 0.325 e. The Bertz CT molecular complexity index is 1090. The summed E-state index contributed by atoms with van der Waals surface area (Å²) in [5, 5.41) is 7.48. The highest BCUT2D eigenvalue weighted by Gasteiger charge is 2.30. The second-order valence-electron chi connectivity index (χ2n) is 9.25. The van der Waals surface area contributed by atoms with Gasteiger partial charge in [0.25, 0.3) is 0 Å². The van der Waals surface area contributed by atoms with Gasteiger partial charge in [-0.3, -0.25) is 24.1 Å². The van der Waals surface area contributed by atoms with E-state index in [0.29, 0.717) is 26.1 Å². The molecule has 1 heterocycles. The van der Waals surface area contributed by atoms with Gasteiger partial charge in [-0.1, -0.05) is 56.3 Å². The molecule has 0 spiro atoms. The number of carbonyl (C=O) groups is 4. The van der Waals surface area contributed by atoms with Gasteiger partial charge in [0.15, 0.2) is 0 Å². The number of ether oxygens (including phenoxy) is 1. The van der Waals surface area contributed by atoms with Crippen LogP contribution in [0.25, 0.3) is 10.8 Å². The van der Waals surface area contributed by atoms with E-state index >= 15 is 0 Å². The summed E-state index contributed by atoms with van der Waals surface area (Å²) in [7, 11) is 1.27. The Morgan fingerprint density at radius 3 is 2.41 bits per heavy atom. The van der Waals surface area contributed by atoms with Gasteiger partial charge in [0.2, 0.25) is 17.7 Å². The first-order chi connectivity index (χ1) is 18.8. The lowest BCUT2D eigenvalue weighted by atomic mass is 10.0. The van der Waals surface area contributed by atoms with Crippen LogP contribution < -0.4 is 10.6 Å². The average molecular weight is 559 g/mol. The molecule has 9 nitrogen and oxygen atoms in total. The lowest BCUT2D eigenvalue weighted by Crippen LogP contribution is -2.48. The first-order valence-electron chi connectivity index (χ1n) is 13.4. The number of carbonyl (C=O) groups excluding carboxylic acids is 4. The number of hydrogen-bond acceptors (Lipinski definition) is 7. The van der Waals surface area contributed by atoms with Crippen molar-refractivity contribution in [3.05, 3.63) is 48.0 Å². The van der Waals surface area contributed by atoms with Crippen molar-refractivity contribution in [1.82, 2.24) is 20.4 Å². The van der Waals surface area contributed by atoms with Crippen molar-refractivity contribution in [3.8, 4) is 0 Å². The van der Waals surface area contributed by atoms with Gasteiger partial charge >= 0.3 is 5.97 Å². The first-order valence-corrected chi connectivity index (χ1v) is 14.8. The van der Waals surface area contributed by atoms with Crippen molar-refractivity contribution >= 4 is 46.2 Å². The predicted octanol–water partition coefficient (Wildman–Crippen LogP) is 2.82. The summed E-state index contributed by atoms with van der Waals surface area (Å²) in [5.41, 5.74) is 1.08. The monoisotopic (exact) mass is 558 g/mol. The summed E-state index contributed by atoms with van der Waals surface area (Å²) in [5.74, 6) is 0.158. The van der Waals surface area contributed by atoms with Crippen LogP contribution in [0, 0.1) is 0 Å². The van der Waals surface area contributed by atoms with Crippen LogP contribution in [0.5, 0.6) is 0 Å². The summed E-state index contributed by atoms with van der Waals surface area (Å²) in [6.07, 6.45) is 4.12. The van der Waals surface area contributed by atoms with Crippen LogP contribution in [0.3, 0.4) is 0 Å². The van der Waals surface area contributed by atoms with Crippen molar-refractivity contribution in [2.45, 2.75) is 45.7 Å². The highest BCUT2D eigenvalue weighted by atomic mass is 32.2. The molecule has 0 saturated carbocycles. The number of fused-ring (bicyclic) bond motifs is 1. The number of methoxy groups -OCH3 is 1. The van der Waals surface area contributed by atoms with Crippen LogP contribution in [0.1, 0.15) is 38.7 Å². The topological polar surface area (TPSA) is 108 Å². The van der Waals surface area contributed by atoms with Crippen LogP contribution in [0.2, 0.25) is 0 Å². The average Bonchev–Trinajstić information content (AvgIpc) is 3.42. The zero-order chi connectivity index (χ0) is 28.6. The van der Waals surface area contributed by atoms with E-state index in [1.54, 1.807) is 11.8 Å². The third-order valence-corrected chi connectivity index (χ3v) is 7.09. The molecule has 3 amide bonds. The summed E-state index contributed by atoms with van der Waals surface area (Å²) in [6.45, 7) is 5.39. The van der Waals surface area contributed by atoms with Crippen LogP contribution in [-0.4, -0.2) is 91.4 Å². The highest BCUT2D eigenvalue weighted by molar-refractivity contribution is 7.98. The molecule has 0 aromatic heterocycles. The molecule has 1 fully saturated rings. The van der Waals surface area contributed by atoms with Crippen molar-refractivity contribution in [1.29, 1.82) is 0 Å². The van der Waals surface area contributed by atoms with Crippen molar-refractivity contribution in [2.75, 3.05) is 51.8 Å². The number of esters is 1. The normalized spacial score (nSPS) is 14.5. The van der Waals surface area contributed by atoms with E-state index in [1.807, 2.05) is 53.1 Å². The van der Waals surface area contributed by atoms with Crippen LogP contribution in [0.15, 0.2) is 42.5 Å². The highest BCUT2D eigenvalue weighted by Crippen LogP contribution is 2.23. The van der Waals surface area contributed by atoms with E-state index in [2.05, 4.69) is 34.6 Å². The zero-order valence-corrected chi connectivity index (χ0v) is 24.4. The SMILES string of the molecule is CCC(=O)NCC(=O)N1CCCC1CN(CC(=O)NCC(=O)OC)Cc1cccc2ccccc12.CCSC. The second kappa shape index (κ2) is 17.5. The molecule has 2 aromatic carbocycles. The maximum Gasteiger partial charge on any atom is 0.325 e. The molecule has 1 unspecified atom stereocenters. The largest absolute Gasteiger partial charge is 0.468 e. The van der Waals surface area contributed by atoms with Crippen molar-refractivity contribution < 1.29 is 23.9 Å². The standard InChI is InChI=1S/C26H34N4O5.C3H8S/c1-3-23(31)27-14-25(33)30-13-7-11-21(30)17-29(18-24(32)28-15-26(34)35-2)16-20-10-6-9-19-8-4-5-12-22(19)20;1-3-4-2/h4-6,8-10,12,21H,3,7,11,13-18H2,1-2H3,(H,27,31)(H,28,32);3H2,1-2H3. The zero-order valence-electron chi connectivity index (χ0n) is 23.5. The molecule has 3 rings (SSSR count). The Kier molecular flexibility index (Phi) is 14.4. The Balaban J connectivity index is 0.00000124. The number of rotatable bonds is 12. The Morgan fingerprint density at radius 2 is 1.72 bits per heavy atom. The number of benzene rings is 2. The quantitative estimate of drug-likeness (QED) is 0.386. The van der Waals surface area contributed by atoms with Gasteiger partial charge in [-0.2, -0.15) is 11.8 Å². The van der Waals surface area contributed by atoms with Crippen LogP contribution in [0.4, 0.5) is 0 Å². The summed E-state index contributed by atoms with van der Waals surface area (Å²) in [4.78, 5) is 52.3. The molecule has 1 atom stereocenters. The van der Waals surface area contributed by atoms with Crippen molar-refractivity contribution in [3.63, 3.8) is 0 Å². The van der Waals surface area contributed by atoms with Crippen LogP contribution in [-0.2, 0) is 30.5 Å². The summed E-state index contributed by atoms with van der Waals surface area (Å²) < 4.78 is 4.60. The maximum absolute atomic E-state index is 12.8. The molecule has 10 heteroatoms. The van der Waals surface area contributed by atoms with Crippen LogP contribution >= 0.6 is 11.8 Å². The molecular formula is C29H42N4O5S. The Morgan fingerprint density at radius 1 is 1.03 bits per heavy atom. The third kappa shape index (κ3) is 10.9. The van der Waals surface area contributed by atoms with Gasteiger partial charge in [-0.15, -0.1) is 0 Å². The van der Waals surface area contributed by atoms with E-state index in [1.165, 1.54) is 12.9 Å². The number of likely N-dealkylation sites (tertiary alicyclic amines) is 1. The van der Waals surface area contributed by atoms with Gasteiger partial charge in [-0.25, -0.2) is 0 Å². The van der Waals surface area contributed by atoms with E-state index in [9.17, 15) is 19.2 Å². The molecule has 1 saturated heterocycles. The van der Waals surface area contributed by atoms with E-state index in [-0.39, 0.29) is 43.4 Å². The Hall–Kier alpha value is -3.11. The third-order valence-electron chi connectivity index (χ3n) is 6.51. The van der Waals surface area contributed by atoms with Gasteiger partial charge < -0.3 is 20.3 Å². The van der Waals surface area contributed by atoms with E-state index < -0.39 is 5.97 Å². The minimum absolute atomic E-state index is 0.0217. The number of nitrogens with zero attached hydrogens (tertiary/aromatic N) is 2. The molecule has 39 heavy (non-hydrogen) atoms. The molecule has 0 bridgehead atoms. The molecular weight excluding hydrogens is 516 g/mol. The first kappa shape index (κ1) is 32.1. The van der Waals surface area contributed by atoms with Gasteiger partial charge in [0, 0.05) is 32.1 Å². The number of thioether (sulfide) groups is 1. The second-order valence-corrected chi connectivity index (χ2v) is 10.4. The van der Waals surface area contributed by atoms with E-state index in [4.69, 9.17) is 0 Å². The lowest BCUT2D eigenvalue weighted by molar-refractivity contribution is -0.141. The lowest BCUT2D eigenvalue weighted by Gasteiger charge is -2.31. The summed E-state index contributed by atoms with van der Waals surface area (Å²) in [6, 6.07) is 14.1. The predicted molar refractivity (Wildman–Crippen MR) is 156 cm³/mol. The molecule has 0 radical (unpaired) electrons. The minimum atomic E-state index is -0.513. The molecule has 2 aromatic rings. The molecule has 2 N–H and O–H groups in total. The fourth-order valence-electron chi connectivity index (χ4n) is 4.41. The molecule has 1 aliphatic rings. The maximum atomic E-state index is 12.8. The fraction of sp³-hybridized carbons (Fsp3) is 0.517. The molecule has 214 valence electrons. The van der Waals surface area contributed by atoms with Gasteiger partial charge in [0.05, 0.1) is 20.2 Å². The Labute approximate surface area is 236 Å². The fourth-order valence-corrected chi connectivity index (χ4v) is 4.41. The number of amides is 3. The number of hydrogen-bond donors (Lipinski definition) is 2. The number of nitrogens with one attached hydrogen (secondary N) is 2. The van der Waals surface area contributed by atoms with Gasteiger partial charge in [-0.05, 0) is 41.2 Å². The minimum Gasteiger partial charge on any atom is -0.468 e.